The van der Waals surface area contributed by atoms with Crippen LogP contribution in [-0.2, 0) is 0 Å². The van der Waals surface area contributed by atoms with Gasteiger partial charge in [-0.3, -0.25) is 4.57 Å². The van der Waals surface area contributed by atoms with E-state index in [4.69, 9.17) is 16.7 Å². The van der Waals surface area contributed by atoms with E-state index in [1.54, 1.807) is 0 Å². The smallest absolute Gasteiger partial charge is 0.165 e. The van der Waals surface area contributed by atoms with E-state index in [0.717, 1.165) is 0 Å². The van der Waals surface area contributed by atoms with E-state index in [2.05, 4.69) is 15.0 Å². The second-order valence-corrected chi connectivity index (χ2v) is 6.81. The van der Waals surface area contributed by atoms with Gasteiger partial charge in [-0.1, -0.05) is 18.5 Å². The molecule has 0 amide bonds. The maximum absolute atomic E-state index is 10.5. The van der Waals surface area contributed by atoms with Gasteiger partial charge in [-0.15, -0.1) is 11.8 Å². The lowest BCUT2D eigenvalue weighted by molar-refractivity contribution is -0.118. The largest absolute Gasteiger partial charge is 0.394 e. The van der Waals surface area contributed by atoms with Crippen molar-refractivity contribution >= 4 is 34.5 Å². The lowest BCUT2D eigenvalue weighted by Crippen LogP contribution is -2.48. The molecule has 0 bridgehead atoms. The first-order chi connectivity index (χ1) is 11.4. The molecule has 2 aromatic rings. The summed E-state index contributed by atoms with van der Waals surface area (Å²) in [6, 6.07) is 0. The molecular weight excluding hydrogens is 360 g/mol. The van der Waals surface area contributed by atoms with Crippen LogP contribution in [0.3, 0.4) is 0 Å². The second kappa shape index (κ2) is 8.39. The molecule has 2 aromatic heterocycles. The van der Waals surface area contributed by atoms with Crippen molar-refractivity contribution in [3.63, 3.8) is 0 Å². The monoisotopic (exact) mass is 378 g/mol. The Kier molecular flexibility index (Phi) is 6.75. The van der Waals surface area contributed by atoms with Crippen LogP contribution in [0, 0.1) is 0 Å². The Morgan fingerprint density at radius 2 is 1.83 bits per heavy atom. The standard InChI is InChI=1S/C13H19ClN4O5S/c1-2-24-13(10(23)9(22)8(21)6(20)3-19)18-5-17-7-11(14)15-4-16-12(7)18/h4-6,8-10,13,19-23H,2-3H2,1H3/t6-,8-,9-,10+,13+/m1/s1. The third kappa shape index (κ3) is 3.80. The number of thioether (sulfide) groups is 1. The number of hydrogen-bond donors (Lipinski definition) is 5. The molecule has 0 aromatic carbocycles. The van der Waals surface area contributed by atoms with Gasteiger partial charge in [-0.05, 0) is 5.75 Å². The molecule has 24 heavy (non-hydrogen) atoms. The maximum atomic E-state index is 10.5. The molecule has 0 aliphatic rings. The SMILES string of the molecule is CCS[C@@H]([C@@H](O)[C@H](O)[C@H](O)[C@H](O)CO)n1cnc2c(Cl)ncnc21. The second-order valence-electron chi connectivity index (χ2n) is 5.06. The molecule has 0 radical (unpaired) electrons. The Morgan fingerprint density at radius 3 is 2.46 bits per heavy atom. The first kappa shape index (κ1) is 19.3. The van der Waals surface area contributed by atoms with Crippen LogP contribution in [0.25, 0.3) is 11.2 Å². The van der Waals surface area contributed by atoms with Gasteiger partial charge >= 0.3 is 0 Å². The van der Waals surface area contributed by atoms with E-state index in [0.29, 0.717) is 16.9 Å². The van der Waals surface area contributed by atoms with Gasteiger partial charge in [-0.25, -0.2) is 15.0 Å². The van der Waals surface area contributed by atoms with E-state index < -0.39 is 36.4 Å². The topological polar surface area (TPSA) is 145 Å². The summed E-state index contributed by atoms with van der Waals surface area (Å²) in [4.78, 5) is 12.0. The predicted molar refractivity (Wildman–Crippen MR) is 88.6 cm³/mol. The molecule has 0 saturated carbocycles. The molecular formula is C13H19ClN4O5S. The van der Waals surface area contributed by atoms with Gasteiger partial charge in [0.1, 0.15) is 41.6 Å². The number of aliphatic hydroxyl groups is 5. The van der Waals surface area contributed by atoms with Crippen LogP contribution in [0.2, 0.25) is 5.15 Å². The number of aliphatic hydroxyl groups excluding tert-OH is 5. The molecule has 0 aliphatic carbocycles. The summed E-state index contributed by atoms with van der Waals surface area (Å²) < 4.78 is 1.52. The molecule has 0 saturated heterocycles. The first-order valence-corrected chi connectivity index (χ1v) is 8.62. The highest BCUT2D eigenvalue weighted by Crippen LogP contribution is 2.32. The zero-order chi connectivity index (χ0) is 17.9. The minimum Gasteiger partial charge on any atom is -0.394 e. The molecule has 0 unspecified atom stereocenters. The molecule has 0 spiro atoms. The van der Waals surface area contributed by atoms with Crippen molar-refractivity contribution in [2.24, 2.45) is 0 Å². The zero-order valence-electron chi connectivity index (χ0n) is 12.8. The average molecular weight is 379 g/mol. The molecule has 0 aliphatic heterocycles. The third-order valence-electron chi connectivity index (χ3n) is 3.50. The Balaban J connectivity index is 2.35. The number of aromatic nitrogens is 4. The Labute approximate surface area is 147 Å². The Bertz CT molecular complexity index is 675. The molecule has 134 valence electrons. The Morgan fingerprint density at radius 1 is 1.12 bits per heavy atom. The fourth-order valence-electron chi connectivity index (χ4n) is 2.23. The summed E-state index contributed by atoms with van der Waals surface area (Å²) in [5.74, 6) is 0.589. The highest BCUT2D eigenvalue weighted by atomic mass is 35.5. The van der Waals surface area contributed by atoms with Crippen molar-refractivity contribution in [2.45, 2.75) is 36.7 Å². The van der Waals surface area contributed by atoms with Gasteiger partial charge in [0.2, 0.25) is 0 Å². The van der Waals surface area contributed by atoms with Gasteiger partial charge in [0.05, 0.1) is 12.9 Å². The van der Waals surface area contributed by atoms with Crippen LogP contribution in [0.4, 0.5) is 0 Å². The number of halogens is 1. The summed E-state index contributed by atoms with van der Waals surface area (Å²) in [5.41, 5.74) is 0.711. The van der Waals surface area contributed by atoms with Crippen LogP contribution in [0.5, 0.6) is 0 Å². The molecule has 0 fully saturated rings. The van der Waals surface area contributed by atoms with E-state index in [1.807, 2.05) is 6.92 Å². The van der Waals surface area contributed by atoms with Gasteiger partial charge < -0.3 is 25.5 Å². The number of nitrogens with zero attached hydrogens (tertiary/aromatic N) is 4. The fraction of sp³-hybridized carbons (Fsp3) is 0.615. The van der Waals surface area contributed by atoms with Gasteiger partial charge in [0, 0.05) is 0 Å². The molecule has 2 heterocycles. The summed E-state index contributed by atoms with van der Waals surface area (Å²) in [7, 11) is 0. The summed E-state index contributed by atoms with van der Waals surface area (Å²) in [6.45, 7) is 1.12. The molecule has 11 heteroatoms. The van der Waals surface area contributed by atoms with E-state index in [-0.39, 0.29) is 5.15 Å². The van der Waals surface area contributed by atoms with Crippen LogP contribution >= 0.6 is 23.4 Å². The minimum atomic E-state index is -1.71. The van der Waals surface area contributed by atoms with Crippen LogP contribution < -0.4 is 0 Å². The van der Waals surface area contributed by atoms with E-state index in [9.17, 15) is 20.4 Å². The van der Waals surface area contributed by atoms with Crippen molar-refractivity contribution in [3.8, 4) is 0 Å². The third-order valence-corrected chi connectivity index (χ3v) is 4.96. The molecule has 2 rings (SSSR count). The Hall–Kier alpha value is -1.01. The van der Waals surface area contributed by atoms with Crippen LogP contribution in [0.1, 0.15) is 12.3 Å². The van der Waals surface area contributed by atoms with Crippen molar-refractivity contribution in [1.82, 2.24) is 19.5 Å². The predicted octanol–water partition coefficient (Wildman–Crippen LogP) is -0.833. The van der Waals surface area contributed by atoms with Crippen molar-refractivity contribution < 1.29 is 25.5 Å². The average Bonchev–Trinajstić information content (AvgIpc) is 3.02. The summed E-state index contributed by atoms with van der Waals surface area (Å²) in [5, 5.41) is 48.2. The lowest BCUT2D eigenvalue weighted by Gasteiger charge is -2.31. The van der Waals surface area contributed by atoms with Gasteiger partial charge in [0.15, 0.2) is 10.8 Å². The lowest BCUT2D eigenvalue weighted by atomic mass is 10.0. The summed E-state index contributed by atoms with van der Waals surface area (Å²) >= 11 is 7.24. The molecule has 9 nitrogen and oxygen atoms in total. The molecule has 5 N–H and O–H groups in total. The van der Waals surface area contributed by atoms with Gasteiger partial charge in [-0.2, -0.15) is 0 Å². The highest BCUT2D eigenvalue weighted by molar-refractivity contribution is 7.99. The minimum absolute atomic E-state index is 0.157. The zero-order valence-corrected chi connectivity index (χ0v) is 14.3. The van der Waals surface area contributed by atoms with Gasteiger partial charge in [0.25, 0.3) is 0 Å². The van der Waals surface area contributed by atoms with Crippen molar-refractivity contribution in [2.75, 3.05) is 12.4 Å². The maximum Gasteiger partial charge on any atom is 0.165 e. The van der Waals surface area contributed by atoms with Crippen molar-refractivity contribution in [1.29, 1.82) is 0 Å². The summed E-state index contributed by atoms with van der Waals surface area (Å²) in [6.07, 6.45) is -3.77. The molecule has 5 atom stereocenters. The number of fused-ring (bicyclic) bond motifs is 1. The van der Waals surface area contributed by atoms with E-state index in [1.165, 1.54) is 29.0 Å². The number of imidazole rings is 1. The first-order valence-electron chi connectivity index (χ1n) is 7.20. The highest BCUT2D eigenvalue weighted by Gasteiger charge is 2.36. The fourth-order valence-corrected chi connectivity index (χ4v) is 3.42. The quantitative estimate of drug-likeness (QED) is 0.371. The normalized spacial score (nSPS) is 18.3. The van der Waals surface area contributed by atoms with Crippen LogP contribution in [-0.4, -0.2) is 81.8 Å². The van der Waals surface area contributed by atoms with E-state index >= 15 is 0 Å². The number of rotatable bonds is 8. The van der Waals surface area contributed by atoms with Crippen molar-refractivity contribution in [3.05, 3.63) is 17.8 Å². The number of hydrogen-bond acceptors (Lipinski definition) is 9. The van der Waals surface area contributed by atoms with Crippen LogP contribution in [0.15, 0.2) is 12.7 Å².